The van der Waals surface area contributed by atoms with Gasteiger partial charge < -0.3 is 5.32 Å². The third-order valence-electron chi connectivity index (χ3n) is 5.28. The Morgan fingerprint density at radius 2 is 1.71 bits per heavy atom. The zero-order valence-electron chi connectivity index (χ0n) is 18.0. The molecular formula is C25H27N3O3. The first-order valence-electron chi connectivity index (χ1n) is 10.3. The molecule has 1 unspecified atom stereocenters. The monoisotopic (exact) mass is 417 g/mol. The summed E-state index contributed by atoms with van der Waals surface area (Å²) in [5, 5.41) is 14.0. The van der Waals surface area contributed by atoms with Gasteiger partial charge in [0.05, 0.1) is 4.92 Å². The van der Waals surface area contributed by atoms with Crippen molar-refractivity contribution in [3.63, 3.8) is 0 Å². The Morgan fingerprint density at radius 3 is 2.32 bits per heavy atom. The number of nitro benzene ring substituents is 1. The van der Waals surface area contributed by atoms with Gasteiger partial charge in [0.1, 0.15) is 0 Å². The number of rotatable bonds is 7. The van der Waals surface area contributed by atoms with E-state index in [1.54, 1.807) is 24.4 Å². The second-order valence-corrected chi connectivity index (χ2v) is 8.55. The smallest absolute Gasteiger partial charge is 0.274 e. The molecule has 0 saturated heterocycles. The second kappa shape index (κ2) is 9.51. The van der Waals surface area contributed by atoms with Gasteiger partial charge in [0.15, 0.2) is 0 Å². The number of amides is 1. The van der Waals surface area contributed by atoms with Gasteiger partial charge in [0.25, 0.3) is 5.69 Å². The van der Waals surface area contributed by atoms with Crippen LogP contribution in [-0.2, 0) is 16.8 Å². The Morgan fingerprint density at radius 1 is 1.03 bits per heavy atom. The van der Waals surface area contributed by atoms with Crippen LogP contribution in [0.3, 0.4) is 0 Å². The summed E-state index contributed by atoms with van der Waals surface area (Å²) in [6, 6.07) is 20.4. The maximum atomic E-state index is 12.8. The molecule has 0 bridgehead atoms. The van der Waals surface area contributed by atoms with Gasteiger partial charge in [0, 0.05) is 42.4 Å². The Balaban J connectivity index is 1.78. The summed E-state index contributed by atoms with van der Waals surface area (Å²) in [5.41, 5.74) is 3.56. The van der Waals surface area contributed by atoms with Gasteiger partial charge in [-0.1, -0.05) is 69.3 Å². The van der Waals surface area contributed by atoms with E-state index in [0.717, 1.165) is 11.3 Å². The highest BCUT2D eigenvalue weighted by Crippen LogP contribution is 2.29. The molecule has 3 aromatic rings. The first-order valence-corrected chi connectivity index (χ1v) is 10.3. The molecule has 1 heterocycles. The summed E-state index contributed by atoms with van der Waals surface area (Å²) < 4.78 is 0. The Labute approximate surface area is 182 Å². The van der Waals surface area contributed by atoms with Crippen LogP contribution in [0.25, 0.3) is 0 Å². The van der Waals surface area contributed by atoms with Crippen molar-refractivity contribution >= 4 is 11.6 Å². The third kappa shape index (κ3) is 5.75. The maximum absolute atomic E-state index is 12.8. The third-order valence-corrected chi connectivity index (χ3v) is 5.28. The van der Waals surface area contributed by atoms with Gasteiger partial charge >= 0.3 is 0 Å². The van der Waals surface area contributed by atoms with Crippen LogP contribution in [0.1, 0.15) is 55.5 Å². The van der Waals surface area contributed by atoms with Gasteiger partial charge in [0.2, 0.25) is 5.91 Å². The first kappa shape index (κ1) is 22.2. The number of hydrogen-bond donors (Lipinski definition) is 1. The average Bonchev–Trinajstić information content (AvgIpc) is 2.76. The lowest BCUT2D eigenvalue weighted by atomic mass is 9.84. The van der Waals surface area contributed by atoms with E-state index in [1.807, 2.05) is 18.2 Å². The number of hydrogen-bond acceptors (Lipinski definition) is 4. The largest absolute Gasteiger partial charge is 0.352 e. The molecule has 3 rings (SSSR count). The van der Waals surface area contributed by atoms with E-state index in [0.29, 0.717) is 5.56 Å². The van der Waals surface area contributed by atoms with E-state index in [1.165, 1.54) is 11.6 Å². The number of nitrogens with one attached hydrogen (secondary N) is 1. The number of para-hydroxylation sites is 1. The predicted molar refractivity (Wildman–Crippen MR) is 121 cm³/mol. The summed E-state index contributed by atoms with van der Waals surface area (Å²) >= 11 is 0. The SMILES string of the molecule is CC(C)(C)c1ccc(C(CC(=O)NCc2ccccc2[N+](=O)[O-])c2ccccn2)cc1. The zero-order valence-corrected chi connectivity index (χ0v) is 18.0. The van der Waals surface area contributed by atoms with Gasteiger partial charge in [-0.3, -0.25) is 19.9 Å². The number of nitrogens with zero attached hydrogens (tertiary/aromatic N) is 2. The predicted octanol–water partition coefficient (Wildman–Crippen LogP) is 5.13. The molecule has 1 atom stereocenters. The second-order valence-electron chi connectivity index (χ2n) is 8.55. The lowest BCUT2D eigenvalue weighted by molar-refractivity contribution is -0.385. The first-order chi connectivity index (χ1) is 14.8. The molecule has 160 valence electrons. The molecule has 1 N–H and O–H groups in total. The van der Waals surface area contributed by atoms with Gasteiger partial charge in [-0.15, -0.1) is 0 Å². The molecule has 0 aliphatic rings. The molecule has 6 nitrogen and oxygen atoms in total. The van der Waals surface area contributed by atoms with Crippen LogP contribution in [0.2, 0.25) is 0 Å². The minimum absolute atomic E-state index is 0.00171. The Hall–Kier alpha value is -3.54. The topological polar surface area (TPSA) is 85.1 Å². The molecule has 6 heteroatoms. The number of nitro groups is 1. The number of carbonyl (C=O) groups excluding carboxylic acids is 1. The molecule has 1 aromatic heterocycles. The van der Waals surface area contributed by atoms with E-state index in [4.69, 9.17) is 0 Å². The van der Waals surface area contributed by atoms with E-state index in [-0.39, 0.29) is 35.9 Å². The van der Waals surface area contributed by atoms with Crippen LogP contribution in [0.5, 0.6) is 0 Å². The fourth-order valence-corrected chi connectivity index (χ4v) is 3.48. The summed E-state index contributed by atoms with van der Waals surface area (Å²) in [4.78, 5) is 28.0. The molecule has 31 heavy (non-hydrogen) atoms. The van der Waals surface area contributed by atoms with Crippen molar-refractivity contribution in [3.8, 4) is 0 Å². The van der Waals surface area contributed by atoms with Crippen molar-refractivity contribution in [2.24, 2.45) is 0 Å². The highest BCUT2D eigenvalue weighted by Gasteiger charge is 2.21. The van der Waals surface area contributed by atoms with Crippen LogP contribution >= 0.6 is 0 Å². The number of aromatic nitrogens is 1. The molecular weight excluding hydrogens is 390 g/mol. The highest BCUT2D eigenvalue weighted by atomic mass is 16.6. The van der Waals surface area contributed by atoms with Crippen molar-refractivity contribution in [2.75, 3.05) is 0 Å². The maximum Gasteiger partial charge on any atom is 0.274 e. The molecule has 0 fully saturated rings. The van der Waals surface area contributed by atoms with E-state index in [9.17, 15) is 14.9 Å². The van der Waals surface area contributed by atoms with Crippen LogP contribution in [0.15, 0.2) is 72.9 Å². The highest BCUT2D eigenvalue weighted by molar-refractivity contribution is 5.77. The fraction of sp³-hybridized carbons (Fsp3) is 0.280. The van der Waals surface area contributed by atoms with E-state index >= 15 is 0 Å². The van der Waals surface area contributed by atoms with Gasteiger partial charge in [-0.25, -0.2) is 0 Å². The van der Waals surface area contributed by atoms with Crippen LogP contribution in [-0.4, -0.2) is 15.8 Å². The Bertz CT molecular complexity index is 1040. The summed E-state index contributed by atoms with van der Waals surface area (Å²) in [6.45, 7) is 6.59. The Kier molecular flexibility index (Phi) is 6.80. The molecule has 0 saturated carbocycles. The quantitative estimate of drug-likeness (QED) is 0.427. The van der Waals surface area contributed by atoms with Crippen LogP contribution in [0, 0.1) is 10.1 Å². The summed E-state index contributed by atoms with van der Waals surface area (Å²) in [7, 11) is 0. The molecule has 1 amide bonds. The molecule has 2 aromatic carbocycles. The molecule has 0 spiro atoms. The van der Waals surface area contributed by atoms with Gasteiger partial charge in [-0.05, 0) is 28.7 Å². The normalized spacial score (nSPS) is 12.2. The average molecular weight is 418 g/mol. The van der Waals surface area contributed by atoms with Crippen molar-refractivity contribution < 1.29 is 9.72 Å². The van der Waals surface area contributed by atoms with Crippen molar-refractivity contribution in [2.45, 2.75) is 45.1 Å². The minimum Gasteiger partial charge on any atom is -0.352 e. The number of carbonyl (C=O) groups is 1. The summed E-state index contributed by atoms with van der Waals surface area (Å²) in [6.07, 6.45) is 1.92. The minimum atomic E-state index is -0.436. The van der Waals surface area contributed by atoms with E-state index in [2.05, 4.69) is 55.3 Å². The molecule has 0 aliphatic carbocycles. The summed E-state index contributed by atoms with van der Waals surface area (Å²) in [5.74, 6) is -0.394. The van der Waals surface area contributed by atoms with Crippen LogP contribution in [0.4, 0.5) is 5.69 Å². The van der Waals surface area contributed by atoms with Crippen molar-refractivity contribution in [1.29, 1.82) is 0 Å². The number of benzene rings is 2. The molecule has 0 aliphatic heterocycles. The lowest BCUT2D eigenvalue weighted by Crippen LogP contribution is -2.25. The van der Waals surface area contributed by atoms with Crippen molar-refractivity contribution in [3.05, 3.63) is 105 Å². The van der Waals surface area contributed by atoms with Gasteiger partial charge in [-0.2, -0.15) is 0 Å². The lowest BCUT2D eigenvalue weighted by Gasteiger charge is -2.21. The standard InChI is InChI=1S/C25H27N3O3/c1-25(2,3)20-13-11-18(12-14-20)21(22-9-6-7-15-26-22)16-24(29)27-17-19-8-4-5-10-23(19)28(30)31/h4-15,21H,16-17H2,1-3H3,(H,27,29). The zero-order chi connectivity index (χ0) is 22.4. The molecule has 0 radical (unpaired) electrons. The fourth-order valence-electron chi connectivity index (χ4n) is 3.48. The van der Waals surface area contributed by atoms with Crippen LogP contribution < -0.4 is 5.32 Å². The number of pyridine rings is 1. The van der Waals surface area contributed by atoms with Crippen molar-refractivity contribution in [1.82, 2.24) is 10.3 Å². The van der Waals surface area contributed by atoms with E-state index < -0.39 is 4.92 Å².